The maximum atomic E-state index is 13.4. The van der Waals surface area contributed by atoms with E-state index in [1.54, 1.807) is 25.1 Å². The second kappa shape index (κ2) is 5.54. The summed E-state index contributed by atoms with van der Waals surface area (Å²) in [5.41, 5.74) is 1.46. The molecule has 1 N–H and O–H groups in total. The van der Waals surface area contributed by atoms with E-state index in [0.29, 0.717) is 23.2 Å². The normalized spacial score (nSPS) is 14.3. The van der Waals surface area contributed by atoms with Crippen LogP contribution in [0.2, 0.25) is 0 Å². The van der Waals surface area contributed by atoms with Crippen molar-refractivity contribution in [1.29, 1.82) is 0 Å². The van der Waals surface area contributed by atoms with Crippen LogP contribution < -0.4 is 10.1 Å². The molecule has 1 aromatic heterocycles. The van der Waals surface area contributed by atoms with Crippen LogP contribution in [0.5, 0.6) is 11.6 Å². The molecule has 0 radical (unpaired) electrons. The molecule has 0 aliphatic heterocycles. The first kappa shape index (κ1) is 13.0. The first-order valence-electron chi connectivity index (χ1n) is 6.71. The lowest BCUT2D eigenvalue weighted by atomic mass is 10.2. The summed E-state index contributed by atoms with van der Waals surface area (Å²) in [7, 11) is 0. The van der Waals surface area contributed by atoms with Crippen LogP contribution in [0.1, 0.15) is 24.1 Å². The van der Waals surface area contributed by atoms with Gasteiger partial charge in [-0.25, -0.2) is 4.39 Å². The lowest BCUT2D eigenvalue weighted by Crippen LogP contribution is -2.16. The standard InChI is InChI=1S/C15H16FN3O/c1-10-2-6-13(8-14(10)16)20-15-7-5-12(18-19-15)9-17-11-3-4-11/h2,5-8,11,17H,3-4,9H2,1H3. The van der Waals surface area contributed by atoms with E-state index in [9.17, 15) is 4.39 Å². The minimum Gasteiger partial charge on any atom is -0.437 e. The minimum absolute atomic E-state index is 0.291. The number of nitrogens with zero attached hydrogens (tertiary/aromatic N) is 2. The molecule has 0 amide bonds. The molecule has 5 heteroatoms. The minimum atomic E-state index is -0.291. The molecule has 0 bridgehead atoms. The van der Waals surface area contributed by atoms with Crippen molar-refractivity contribution >= 4 is 0 Å². The zero-order valence-electron chi connectivity index (χ0n) is 11.3. The number of rotatable bonds is 5. The van der Waals surface area contributed by atoms with Crippen LogP contribution in [0.4, 0.5) is 4.39 Å². The van der Waals surface area contributed by atoms with E-state index in [4.69, 9.17) is 4.74 Å². The van der Waals surface area contributed by atoms with Crippen LogP contribution in [0.25, 0.3) is 0 Å². The smallest absolute Gasteiger partial charge is 0.238 e. The first-order valence-corrected chi connectivity index (χ1v) is 6.71. The number of aromatic nitrogens is 2. The molecule has 1 aliphatic rings. The summed E-state index contributed by atoms with van der Waals surface area (Å²) in [4.78, 5) is 0. The molecule has 104 valence electrons. The molecule has 1 aromatic carbocycles. The maximum Gasteiger partial charge on any atom is 0.238 e. The molecule has 0 spiro atoms. The summed E-state index contributed by atoms with van der Waals surface area (Å²) in [6.45, 7) is 2.43. The second-order valence-electron chi connectivity index (χ2n) is 5.03. The highest BCUT2D eigenvalue weighted by molar-refractivity contribution is 5.31. The molecule has 4 nitrogen and oxygen atoms in total. The average Bonchev–Trinajstić information content (AvgIpc) is 3.26. The van der Waals surface area contributed by atoms with Gasteiger partial charge in [0.25, 0.3) is 0 Å². The molecule has 3 rings (SSSR count). The Morgan fingerprint density at radius 2 is 2.10 bits per heavy atom. The number of nitrogens with one attached hydrogen (secondary N) is 1. The van der Waals surface area contributed by atoms with Gasteiger partial charge in [-0.3, -0.25) is 0 Å². The van der Waals surface area contributed by atoms with Crippen molar-refractivity contribution in [3.63, 3.8) is 0 Å². The highest BCUT2D eigenvalue weighted by Gasteiger charge is 2.20. The predicted molar refractivity (Wildman–Crippen MR) is 73.1 cm³/mol. The molecular formula is C15H16FN3O. The van der Waals surface area contributed by atoms with E-state index in [1.165, 1.54) is 18.9 Å². The summed E-state index contributed by atoms with van der Waals surface area (Å²) >= 11 is 0. The molecule has 2 aromatic rings. The van der Waals surface area contributed by atoms with Crippen molar-refractivity contribution in [1.82, 2.24) is 15.5 Å². The van der Waals surface area contributed by atoms with Crippen molar-refractivity contribution < 1.29 is 9.13 Å². The fraction of sp³-hybridized carbons (Fsp3) is 0.333. The predicted octanol–water partition coefficient (Wildman–Crippen LogP) is 2.97. The van der Waals surface area contributed by atoms with Crippen LogP contribution >= 0.6 is 0 Å². The molecule has 1 aliphatic carbocycles. The first-order chi connectivity index (χ1) is 9.70. The van der Waals surface area contributed by atoms with Gasteiger partial charge in [0.2, 0.25) is 5.88 Å². The van der Waals surface area contributed by atoms with Gasteiger partial charge in [-0.15, -0.1) is 5.10 Å². The van der Waals surface area contributed by atoms with E-state index in [-0.39, 0.29) is 5.82 Å². The SMILES string of the molecule is Cc1ccc(Oc2ccc(CNC3CC3)nn2)cc1F. The van der Waals surface area contributed by atoms with E-state index < -0.39 is 0 Å². The maximum absolute atomic E-state index is 13.4. The van der Waals surface area contributed by atoms with Gasteiger partial charge in [0, 0.05) is 24.7 Å². The summed E-state index contributed by atoms with van der Waals surface area (Å²) < 4.78 is 18.9. The van der Waals surface area contributed by atoms with Gasteiger partial charge in [0.1, 0.15) is 11.6 Å². The Morgan fingerprint density at radius 1 is 1.25 bits per heavy atom. The lowest BCUT2D eigenvalue weighted by Gasteiger charge is -2.06. The number of aryl methyl sites for hydroxylation is 1. The van der Waals surface area contributed by atoms with Crippen molar-refractivity contribution in [2.24, 2.45) is 0 Å². The quantitative estimate of drug-likeness (QED) is 0.909. The van der Waals surface area contributed by atoms with Crippen LogP contribution in [-0.4, -0.2) is 16.2 Å². The monoisotopic (exact) mass is 273 g/mol. The number of hydrogen-bond acceptors (Lipinski definition) is 4. The second-order valence-corrected chi connectivity index (χ2v) is 5.03. The van der Waals surface area contributed by atoms with Crippen molar-refractivity contribution in [2.45, 2.75) is 32.4 Å². The number of halogens is 1. The Morgan fingerprint density at radius 3 is 2.75 bits per heavy atom. The third-order valence-electron chi connectivity index (χ3n) is 3.21. The van der Waals surface area contributed by atoms with Crippen LogP contribution in [0.15, 0.2) is 30.3 Å². The van der Waals surface area contributed by atoms with Crippen molar-refractivity contribution in [2.75, 3.05) is 0 Å². The van der Waals surface area contributed by atoms with Crippen molar-refractivity contribution in [3.8, 4) is 11.6 Å². The van der Waals surface area contributed by atoms with E-state index in [0.717, 1.165) is 12.2 Å². The number of hydrogen-bond donors (Lipinski definition) is 1. The van der Waals surface area contributed by atoms with Crippen molar-refractivity contribution in [3.05, 3.63) is 47.4 Å². The summed E-state index contributed by atoms with van der Waals surface area (Å²) in [5.74, 6) is 0.496. The number of ether oxygens (including phenoxy) is 1. The van der Waals surface area contributed by atoms with Gasteiger partial charge < -0.3 is 10.1 Å². The van der Waals surface area contributed by atoms with E-state index in [1.807, 2.05) is 6.07 Å². The van der Waals surface area contributed by atoms with Gasteiger partial charge in [-0.05, 0) is 37.5 Å². The molecule has 0 atom stereocenters. The average molecular weight is 273 g/mol. The van der Waals surface area contributed by atoms with E-state index >= 15 is 0 Å². The zero-order chi connectivity index (χ0) is 13.9. The Labute approximate surface area is 117 Å². The third kappa shape index (κ3) is 3.30. The topological polar surface area (TPSA) is 47.0 Å². The molecule has 20 heavy (non-hydrogen) atoms. The Balaban J connectivity index is 1.62. The highest BCUT2D eigenvalue weighted by atomic mass is 19.1. The van der Waals surface area contributed by atoms with Gasteiger partial charge in [-0.2, -0.15) is 5.10 Å². The Kier molecular flexibility index (Phi) is 3.60. The number of benzene rings is 1. The van der Waals surface area contributed by atoms with Crippen LogP contribution in [0, 0.1) is 12.7 Å². The summed E-state index contributed by atoms with van der Waals surface area (Å²) in [5, 5.41) is 11.4. The molecule has 1 saturated carbocycles. The van der Waals surface area contributed by atoms with Gasteiger partial charge in [-0.1, -0.05) is 6.07 Å². The van der Waals surface area contributed by atoms with Crippen LogP contribution in [0.3, 0.4) is 0 Å². The van der Waals surface area contributed by atoms with Crippen LogP contribution in [-0.2, 0) is 6.54 Å². The Hall–Kier alpha value is -2.01. The molecule has 0 unspecified atom stereocenters. The van der Waals surface area contributed by atoms with Gasteiger partial charge >= 0.3 is 0 Å². The highest BCUT2D eigenvalue weighted by Crippen LogP contribution is 2.22. The zero-order valence-corrected chi connectivity index (χ0v) is 11.3. The summed E-state index contributed by atoms with van der Waals surface area (Å²) in [6.07, 6.45) is 2.49. The molecular weight excluding hydrogens is 257 g/mol. The Bertz CT molecular complexity index is 597. The fourth-order valence-electron chi connectivity index (χ4n) is 1.79. The fourth-order valence-corrected chi connectivity index (χ4v) is 1.79. The van der Waals surface area contributed by atoms with Gasteiger partial charge in [0.05, 0.1) is 5.69 Å². The lowest BCUT2D eigenvalue weighted by molar-refractivity contribution is 0.448. The third-order valence-corrected chi connectivity index (χ3v) is 3.21. The van der Waals surface area contributed by atoms with Gasteiger partial charge in [0.15, 0.2) is 0 Å². The largest absolute Gasteiger partial charge is 0.437 e. The summed E-state index contributed by atoms with van der Waals surface area (Å²) in [6, 6.07) is 8.98. The molecule has 1 fully saturated rings. The van der Waals surface area contributed by atoms with E-state index in [2.05, 4.69) is 15.5 Å². The molecule has 1 heterocycles. The molecule has 0 saturated heterocycles.